The lowest BCUT2D eigenvalue weighted by Gasteiger charge is -2.35. The number of carbonyl (C=O) groups is 1. The smallest absolute Gasteiger partial charge is 0.254 e. The van der Waals surface area contributed by atoms with Crippen molar-refractivity contribution in [3.8, 4) is 0 Å². The molecule has 1 aromatic rings. The van der Waals surface area contributed by atoms with Crippen molar-refractivity contribution in [1.82, 2.24) is 10.2 Å². The Kier molecular flexibility index (Phi) is 4.04. The fourth-order valence-electron chi connectivity index (χ4n) is 3.54. The molecule has 3 nitrogen and oxygen atoms in total. The van der Waals surface area contributed by atoms with E-state index < -0.39 is 0 Å². The molecule has 2 heterocycles. The Labute approximate surface area is 134 Å². The van der Waals surface area contributed by atoms with Crippen LogP contribution in [0.1, 0.15) is 41.6 Å². The van der Waals surface area contributed by atoms with Crippen LogP contribution in [-0.4, -0.2) is 36.0 Å². The van der Waals surface area contributed by atoms with Gasteiger partial charge in [-0.25, -0.2) is 0 Å². The average molecular weight is 384 g/mol. The molecule has 0 saturated carbocycles. The number of carbonyl (C=O) groups excluding carboxylic acids is 1. The molecule has 2 saturated heterocycles. The summed E-state index contributed by atoms with van der Waals surface area (Å²) in [6.45, 7) is 2.04. The molecule has 3 rings (SSSR count). The number of hydrogen-bond acceptors (Lipinski definition) is 2. The summed E-state index contributed by atoms with van der Waals surface area (Å²) in [4.78, 5) is 14.7. The molecule has 2 bridgehead atoms. The molecule has 2 atom stereocenters. The third kappa shape index (κ3) is 2.60. The number of nitrogens with one attached hydrogen (secondary N) is 1. The average Bonchev–Trinajstić information content (AvgIpc) is 2.79. The first kappa shape index (κ1) is 14.3. The van der Waals surface area contributed by atoms with Gasteiger partial charge in [-0.1, -0.05) is 6.07 Å². The van der Waals surface area contributed by atoms with Crippen molar-refractivity contribution in [2.75, 3.05) is 7.05 Å². The first-order valence-corrected chi connectivity index (χ1v) is 8.42. The Balaban J connectivity index is 1.78. The topological polar surface area (TPSA) is 32.3 Å². The van der Waals surface area contributed by atoms with Gasteiger partial charge >= 0.3 is 0 Å². The first-order valence-electron chi connectivity index (χ1n) is 7.34. The molecule has 108 valence electrons. The van der Waals surface area contributed by atoms with Crippen molar-refractivity contribution in [3.05, 3.63) is 32.9 Å². The molecule has 0 aliphatic carbocycles. The Hall–Kier alpha value is -0.620. The second-order valence-corrected chi connectivity index (χ2v) is 7.25. The third-order valence-electron chi connectivity index (χ3n) is 4.81. The zero-order chi connectivity index (χ0) is 14.3. The maximum Gasteiger partial charge on any atom is 0.254 e. The SMILES string of the molecule is Cc1c(I)cccc1C(=O)N(C)C1CC2CCC(C1)N2. The standard InChI is InChI=1S/C16H21IN2O/c1-10-14(4-3-5-15(10)17)16(20)19(2)13-8-11-6-7-12(9-13)18-11/h3-5,11-13,18H,6-9H2,1-2H3. The van der Waals surface area contributed by atoms with Gasteiger partial charge < -0.3 is 10.2 Å². The van der Waals surface area contributed by atoms with Gasteiger partial charge in [0.15, 0.2) is 0 Å². The van der Waals surface area contributed by atoms with Crippen LogP contribution in [0, 0.1) is 10.5 Å². The van der Waals surface area contributed by atoms with Gasteiger partial charge in [0.1, 0.15) is 0 Å². The summed E-state index contributed by atoms with van der Waals surface area (Å²) in [5.41, 5.74) is 1.95. The highest BCUT2D eigenvalue weighted by Crippen LogP contribution is 2.30. The zero-order valence-electron chi connectivity index (χ0n) is 12.0. The predicted octanol–water partition coefficient (Wildman–Crippen LogP) is 2.95. The van der Waals surface area contributed by atoms with Crippen LogP contribution in [0.15, 0.2) is 18.2 Å². The minimum absolute atomic E-state index is 0.173. The predicted molar refractivity (Wildman–Crippen MR) is 89.0 cm³/mol. The Bertz CT molecular complexity index is 519. The summed E-state index contributed by atoms with van der Waals surface area (Å²) in [5, 5.41) is 3.64. The van der Waals surface area contributed by atoms with Crippen molar-refractivity contribution in [1.29, 1.82) is 0 Å². The van der Waals surface area contributed by atoms with Crippen LogP contribution in [0.5, 0.6) is 0 Å². The van der Waals surface area contributed by atoms with Crippen molar-refractivity contribution in [2.24, 2.45) is 0 Å². The Morgan fingerprint density at radius 2 is 1.95 bits per heavy atom. The molecule has 4 heteroatoms. The Morgan fingerprint density at radius 3 is 2.60 bits per heavy atom. The molecule has 0 radical (unpaired) electrons. The molecular weight excluding hydrogens is 363 g/mol. The number of amides is 1. The van der Waals surface area contributed by atoms with Crippen LogP contribution in [0.2, 0.25) is 0 Å². The van der Waals surface area contributed by atoms with E-state index >= 15 is 0 Å². The second-order valence-electron chi connectivity index (χ2n) is 6.09. The van der Waals surface area contributed by atoms with Crippen LogP contribution in [-0.2, 0) is 0 Å². The number of rotatable bonds is 2. The van der Waals surface area contributed by atoms with Gasteiger partial charge in [-0.2, -0.15) is 0 Å². The fraction of sp³-hybridized carbons (Fsp3) is 0.562. The van der Waals surface area contributed by atoms with E-state index in [1.54, 1.807) is 0 Å². The molecule has 2 aliphatic heterocycles. The van der Waals surface area contributed by atoms with Crippen LogP contribution >= 0.6 is 22.6 Å². The van der Waals surface area contributed by atoms with Crippen LogP contribution in [0.4, 0.5) is 0 Å². The molecule has 0 spiro atoms. The minimum atomic E-state index is 0.173. The van der Waals surface area contributed by atoms with Crippen molar-refractivity contribution < 1.29 is 4.79 Å². The van der Waals surface area contributed by atoms with E-state index in [2.05, 4.69) is 34.0 Å². The van der Waals surface area contributed by atoms with Crippen LogP contribution in [0.25, 0.3) is 0 Å². The first-order chi connectivity index (χ1) is 9.56. The fourth-order valence-corrected chi connectivity index (χ4v) is 4.04. The highest BCUT2D eigenvalue weighted by molar-refractivity contribution is 14.1. The number of benzene rings is 1. The maximum absolute atomic E-state index is 12.8. The van der Waals surface area contributed by atoms with Crippen molar-refractivity contribution in [3.63, 3.8) is 0 Å². The zero-order valence-corrected chi connectivity index (χ0v) is 14.2. The van der Waals surface area contributed by atoms with E-state index in [9.17, 15) is 4.79 Å². The van der Waals surface area contributed by atoms with Crippen molar-refractivity contribution in [2.45, 2.75) is 50.7 Å². The summed E-state index contributed by atoms with van der Waals surface area (Å²) in [6, 6.07) is 7.60. The molecular formula is C16H21IN2O. The van der Waals surface area contributed by atoms with Gasteiger partial charge in [-0.3, -0.25) is 4.79 Å². The quantitative estimate of drug-likeness (QED) is 0.796. The van der Waals surface area contributed by atoms with Crippen LogP contribution in [0.3, 0.4) is 0 Å². The highest BCUT2D eigenvalue weighted by atomic mass is 127. The molecule has 1 amide bonds. The molecule has 20 heavy (non-hydrogen) atoms. The summed E-state index contributed by atoms with van der Waals surface area (Å²) in [6.07, 6.45) is 4.74. The summed E-state index contributed by atoms with van der Waals surface area (Å²) >= 11 is 2.30. The third-order valence-corrected chi connectivity index (χ3v) is 5.98. The van der Waals surface area contributed by atoms with Crippen molar-refractivity contribution >= 4 is 28.5 Å². The lowest BCUT2D eigenvalue weighted by molar-refractivity contribution is 0.0681. The van der Waals surface area contributed by atoms with E-state index in [0.717, 1.165) is 27.5 Å². The van der Waals surface area contributed by atoms with Crippen LogP contribution < -0.4 is 5.32 Å². The van der Waals surface area contributed by atoms with Gasteiger partial charge in [0, 0.05) is 34.3 Å². The van der Waals surface area contributed by atoms with E-state index in [1.165, 1.54) is 12.8 Å². The summed E-state index contributed by atoms with van der Waals surface area (Å²) in [5.74, 6) is 0.173. The molecule has 0 aromatic heterocycles. The van der Waals surface area contributed by atoms with Gasteiger partial charge in [0.25, 0.3) is 5.91 Å². The molecule has 1 aromatic carbocycles. The van der Waals surface area contributed by atoms with Gasteiger partial charge in [-0.05, 0) is 72.9 Å². The number of fused-ring (bicyclic) bond motifs is 2. The lowest BCUT2D eigenvalue weighted by Crippen LogP contribution is -2.48. The number of hydrogen-bond donors (Lipinski definition) is 1. The second kappa shape index (κ2) is 5.64. The summed E-state index contributed by atoms with van der Waals surface area (Å²) < 4.78 is 1.16. The molecule has 1 N–H and O–H groups in total. The minimum Gasteiger partial charge on any atom is -0.339 e. The highest BCUT2D eigenvalue weighted by Gasteiger charge is 2.36. The van der Waals surface area contributed by atoms with Gasteiger partial charge in [-0.15, -0.1) is 0 Å². The van der Waals surface area contributed by atoms with E-state index in [0.29, 0.717) is 18.1 Å². The van der Waals surface area contributed by atoms with Gasteiger partial charge in [0.05, 0.1) is 0 Å². The molecule has 2 fully saturated rings. The molecule has 2 unspecified atom stereocenters. The lowest BCUT2D eigenvalue weighted by atomic mass is 9.97. The number of nitrogens with zero attached hydrogens (tertiary/aromatic N) is 1. The van der Waals surface area contributed by atoms with Gasteiger partial charge in [0.2, 0.25) is 0 Å². The molecule has 2 aliphatic rings. The number of halogens is 1. The Morgan fingerprint density at radius 1 is 1.30 bits per heavy atom. The van der Waals surface area contributed by atoms with E-state index in [-0.39, 0.29) is 5.91 Å². The monoisotopic (exact) mass is 384 g/mol. The maximum atomic E-state index is 12.8. The number of piperidine rings is 1. The van der Waals surface area contributed by atoms with E-state index in [1.807, 2.05) is 31.0 Å². The van der Waals surface area contributed by atoms with E-state index in [4.69, 9.17) is 0 Å². The normalized spacial score (nSPS) is 28.4. The largest absolute Gasteiger partial charge is 0.339 e. The summed E-state index contributed by atoms with van der Waals surface area (Å²) in [7, 11) is 1.97.